The largest absolute Gasteiger partial charge is 0.381 e. The van der Waals surface area contributed by atoms with E-state index in [2.05, 4.69) is 20.9 Å². The van der Waals surface area contributed by atoms with Crippen molar-refractivity contribution >= 4 is 45.0 Å². The third-order valence-corrected chi connectivity index (χ3v) is 5.78. The maximum atomic E-state index is 12.2. The number of aromatic nitrogens is 1. The first-order valence-corrected chi connectivity index (χ1v) is 9.72. The number of nitrogens with zero attached hydrogens (tertiary/aromatic N) is 1. The van der Waals surface area contributed by atoms with Crippen molar-refractivity contribution in [1.82, 2.24) is 15.6 Å². The summed E-state index contributed by atoms with van der Waals surface area (Å²) < 4.78 is 6.17. The predicted octanol–water partition coefficient (Wildman–Crippen LogP) is 1.02. The minimum Gasteiger partial charge on any atom is -0.381 e. The highest BCUT2D eigenvalue weighted by Crippen LogP contribution is 2.26. The summed E-state index contributed by atoms with van der Waals surface area (Å²) >= 11 is 1.48. The summed E-state index contributed by atoms with van der Waals surface area (Å²) in [6.07, 6.45) is 0.987. The molecule has 8 nitrogen and oxygen atoms in total. The van der Waals surface area contributed by atoms with Crippen molar-refractivity contribution in [1.29, 1.82) is 0 Å². The molecule has 3 N–H and O–H groups in total. The van der Waals surface area contributed by atoms with Crippen molar-refractivity contribution in [2.75, 3.05) is 25.1 Å². The lowest BCUT2D eigenvalue weighted by Crippen LogP contribution is -2.30. The Labute approximate surface area is 159 Å². The van der Waals surface area contributed by atoms with Gasteiger partial charge < -0.3 is 20.7 Å². The number of carbonyl (C=O) groups excluding carboxylic acids is 3. The molecule has 2 aromatic rings. The van der Waals surface area contributed by atoms with Gasteiger partial charge in [-0.1, -0.05) is 0 Å². The van der Waals surface area contributed by atoms with Crippen LogP contribution in [0.15, 0.2) is 18.2 Å². The summed E-state index contributed by atoms with van der Waals surface area (Å²) in [4.78, 5) is 40.1. The molecule has 1 aromatic carbocycles. The fourth-order valence-corrected chi connectivity index (χ4v) is 4.16. The van der Waals surface area contributed by atoms with Crippen LogP contribution in [0.5, 0.6) is 0 Å². The SMILES string of the molecule is O=C1CC(C(=O)Nc2ccc3nc(CNC(=O)C4CCOC4)sc3c2)CN1. The smallest absolute Gasteiger partial charge is 0.229 e. The van der Waals surface area contributed by atoms with E-state index in [1.54, 1.807) is 6.07 Å². The van der Waals surface area contributed by atoms with Crippen LogP contribution in [0.4, 0.5) is 5.69 Å². The van der Waals surface area contributed by atoms with E-state index < -0.39 is 0 Å². The van der Waals surface area contributed by atoms with Gasteiger partial charge in [0.05, 0.1) is 35.2 Å². The maximum Gasteiger partial charge on any atom is 0.229 e. The Morgan fingerprint density at radius 2 is 2.19 bits per heavy atom. The molecule has 0 radical (unpaired) electrons. The molecular formula is C18H20N4O4S. The number of hydrogen-bond acceptors (Lipinski definition) is 6. The molecule has 0 bridgehead atoms. The second-order valence-corrected chi connectivity index (χ2v) is 7.88. The Hall–Kier alpha value is -2.52. The standard InChI is InChI=1S/C18H20N4O4S/c23-15-5-11(7-19-15)18(25)21-12-1-2-13-14(6-12)27-16(22-13)8-20-17(24)10-3-4-26-9-10/h1-2,6,10-11H,3-5,7-9H2,(H,19,23)(H,20,24)(H,21,25). The lowest BCUT2D eigenvalue weighted by Gasteiger charge is -2.08. The molecule has 2 fully saturated rings. The highest BCUT2D eigenvalue weighted by molar-refractivity contribution is 7.18. The van der Waals surface area contributed by atoms with Gasteiger partial charge in [0, 0.05) is 25.3 Å². The number of nitrogens with one attached hydrogen (secondary N) is 3. The highest BCUT2D eigenvalue weighted by Gasteiger charge is 2.28. The Bertz CT molecular complexity index is 891. The summed E-state index contributed by atoms with van der Waals surface area (Å²) in [5, 5.41) is 9.24. The number of amides is 3. The molecule has 9 heteroatoms. The Morgan fingerprint density at radius 1 is 1.30 bits per heavy atom. The molecule has 4 rings (SSSR count). The minimum atomic E-state index is -0.333. The van der Waals surface area contributed by atoms with Crippen LogP contribution in [0.2, 0.25) is 0 Å². The zero-order chi connectivity index (χ0) is 18.8. The average Bonchev–Trinajstić information content (AvgIpc) is 3.39. The molecule has 2 aliphatic rings. The van der Waals surface area contributed by atoms with E-state index in [1.165, 1.54) is 11.3 Å². The quantitative estimate of drug-likeness (QED) is 0.709. The predicted molar refractivity (Wildman–Crippen MR) is 100 cm³/mol. The zero-order valence-electron chi connectivity index (χ0n) is 14.6. The molecule has 3 heterocycles. The van der Waals surface area contributed by atoms with Gasteiger partial charge in [0.1, 0.15) is 5.01 Å². The zero-order valence-corrected chi connectivity index (χ0v) is 15.4. The Morgan fingerprint density at radius 3 is 2.93 bits per heavy atom. The van der Waals surface area contributed by atoms with Crippen molar-refractivity contribution in [2.24, 2.45) is 11.8 Å². The first-order valence-electron chi connectivity index (χ1n) is 8.91. The van der Waals surface area contributed by atoms with Gasteiger partial charge in [0.25, 0.3) is 0 Å². The van der Waals surface area contributed by atoms with Crippen LogP contribution in [-0.4, -0.2) is 42.5 Å². The van der Waals surface area contributed by atoms with Crippen molar-refractivity contribution in [2.45, 2.75) is 19.4 Å². The third kappa shape index (κ3) is 4.09. The van der Waals surface area contributed by atoms with E-state index in [9.17, 15) is 14.4 Å². The summed E-state index contributed by atoms with van der Waals surface area (Å²) in [5.74, 6) is -0.662. The van der Waals surface area contributed by atoms with Crippen LogP contribution >= 0.6 is 11.3 Å². The van der Waals surface area contributed by atoms with Crippen molar-refractivity contribution in [3.63, 3.8) is 0 Å². The van der Waals surface area contributed by atoms with Crippen LogP contribution in [0.25, 0.3) is 10.2 Å². The molecule has 27 heavy (non-hydrogen) atoms. The molecule has 0 spiro atoms. The number of anilines is 1. The average molecular weight is 388 g/mol. The molecule has 1 aromatic heterocycles. The van der Waals surface area contributed by atoms with Crippen LogP contribution in [0, 0.1) is 11.8 Å². The van der Waals surface area contributed by atoms with Gasteiger partial charge >= 0.3 is 0 Å². The van der Waals surface area contributed by atoms with E-state index >= 15 is 0 Å². The fraction of sp³-hybridized carbons (Fsp3) is 0.444. The molecule has 142 valence electrons. The van der Waals surface area contributed by atoms with E-state index in [4.69, 9.17) is 4.74 Å². The maximum absolute atomic E-state index is 12.2. The van der Waals surface area contributed by atoms with Gasteiger partial charge in [0.2, 0.25) is 17.7 Å². The number of benzene rings is 1. The van der Waals surface area contributed by atoms with Crippen LogP contribution in [0.3, 0.4) is 0 Å². The van der Waals surface area contributed by atoms with Crippen LogP contribution < -0.4 is 16.0 Å². The van der Waals surface area contributed by atoms with Gasteiger partial charge in [-0.2, -0.15) is 0 Å². The van der Waals surface area contributed by atoms with Gasteiger partial charge in [0.15, 0.2) is 0 Å². The van der Waals surface area contributed by atoms with Crippen molar-refractivity contribution in [3.8, 4) is 0 Å². The lowest BCUT2D eigenvalue weighted by molar-refractivity contribution is -0.125. The first kappa shape index (κ1) is 17.9. The van der Waals surface area contributed by atoms with E-state index in [0.717, 1.165) is 21.6 Å². The Balaban J connectivity index is 1.38. The van der Waals surface area contributed by atoms with Gasteiger partial charge in [-0.3, -0.25) is 14.4 Å². The topological polar surface area (TPSA) is 109 Å². The lowest BCUT2D eigenvalue weighted by atomic mass is 10.1. The number of ether oxygens (including phenoxy) is 1. The summed E-state index contributed by atoms with van der Waals surface area (Å²) in [7, 11) is 0. The second kappa shape index (κ2) is 7.61. The highest BCUT2D eigenvalue weighted by atomic mass is 32.1. The number of carbonyl (C=O) groups is 3. The molecule has 0 aliphatic carbocycles. The van der Waals surface area contributed by atoms with Crippen LogP contribution in [0.1, 0.15) is 17.8 Å². The van der Waals surface area contributed by atoms with Crippen molar-refractivity contribution < 1.29 is 19.1 Å². The number of hydrogen-bond donors (Lipinski definition) is 3. The second-order valence-electron chi connectivity index (χ2n) is 6.76. The summed E-state index contributed by atoms with van der Waals surface area (Å²) in [5.41, 5.74) is 1.50. The first-order chi connectivity index (χ1) is 13.1. The van der Waals surface area contributed by atoms with E-state index in [1.807, 2.05) is 12.1 Å². The Kier molecular flexibility index (Phi) is 5.04. The monoisotopic (exact) mass is 388 g/mol. The van der Waals surface area contributed by atoms with Crippen LogP contribution in [-0.2, 0) is 25.7 Å². The van der Waals surface area contributed by atoms with E-state index in [-0.39, 0.29) is 36.0 Å². The summed E-state index contributed by atoms with van der Waals surface area (Å²) in [6, 6.07) is 5.50. The molecule has 2 unspecified atom stereocenters. The molecule has 2 saturated heterocycles. The van der Waals surface area contributed by atoms with Gasteiger partial charge in [-0.15, -0.1) is 11.3 Å². The summed E-state index contributed by atoms with van der Waals surface area (Å²) in [6.45, 7) is 1.88. The van der Waals surface area contributed by atoms with E-state index in [0.29, 0.717) is 32.0 Å². The van der Waals surface area contributed by atoms with Crippen molar-refractivity contribution in [3.05, 3.63) is 23.2 Å². The number of rotatable bonds is 5. The van der Waals surface area contributed by atoms with Gasteiger partial charge in [-0.05, 0) is 24.6 Å². The number of thiazole rings is 1. The molecule has 3 amide bonds. The third-order valence-electron chi connectivity index (χ3n) is 4.76. The normalized spacial score (nSPS) is 22.0. The molecule has 2 atom stereocenters. The number of fused-ring (bicyclic) bond motifs is 1. The fourth-order valence-electron chi connectivity index (χ4n) is 3.21. The molecular weight excluding hydrogens is 368 g/mol. The molecule has 0 saturated carbocycles. The molecule has 2 aliphatic heterocycles. The minimum absolute atomic E-state index is 0.000529. The van der Waals surface area contributed by atoms with Gasteiger partial charge in [-0.25, -0.2) is 4.98 Å².